The van der Waals surface area contributed by atoms with E-state index >= 15 is 0 Å². The summed E-state index contributed by atoms with van der Waals surface area (Å²) in [5.74, 6) is -2.20. The number of aliphatic hydroxyl groups is 1. The van der Waals surface area contributed by atoms with Crippen molar-refractivity contribution in [2.24, 2.45) is 11.8 Å². The number of amides is 2. The second-order valence-corrected chi connectivity index (χ2v) is 12.0. The molecule has 0 aliphatic carbocycles. The third-order valence-electron chi connectivity index (χ3n) is 8.50. The molecule has 3 fully saturated rings. The summed E-state index contributed by atoms with van der Waals surface area (Å²) in [6.45, 7) is 7.63. The van der Waals surface area contributed by atoms with Crippen LogP contribution < -0.4 is 10.2 Å². The summed E-state index contributed by atoms with van der Waals surface area (Å²) in [5.41, 5.74) is 2.46. The molecule has 3 aliphatic heterocycles. The number of likely N-dealkylation sites (tertiary alicyclic amines) is 1. The molecule has 0 saturated carbocycles. The van der Waals surface area contributed by atoms with Crippen molar-refractivity contribution in [3.05, 3.63) is 60.2 Å². The fourth-order valence-electron chi connectivity index (χ4n) is 6.82. The lowest BCUT2D eigenvalue weighted by molar-refractivity contribution is -0.154. The Kier molecular flexibility index (Phi) is 7.91. The number of nitrogens with zero attached hydrogens (tertiary/aromatic N) is 2. The molecule has 5 rings (SSSR count). The van der Waals surface area contributed by atoms with Gasteiger partial charge in [-0.3, -0.25) is 14.4 Å². The fraction of sp³-hybridized carbons (Fsp3) is 0.500. The highest BCUT2D eigenvalue weighted by Crippen LogP contribution is 2.67. The maximum absolute atomic E-state index is 14.2. The van der Waals surface area contributed by atoms with Crippen molar-refractivity contribution >= 4 is 40.9 Å². The lowest BCUT2D eigenvalue weighted by Gasteiger charge is -2.37. The number of carbonyl (C=O) groups is 3. The number of esters is 1. The molecule has 1 spiro atoms. The van der Waals surface area contributed by atoms with Gasteiger partial charge in [0, 0.05) is 29.7 Å². The van der Waals surface area contributed by atoms with E-state index in [1.54, 1.807) is 23.6 Å². The molecule has 2 unspecified atom stereocenters. The van der Waals surface area contributed by atoms with Gasteiger partial charge >= 0.3 is 5.97 Å². The Balaban J connectivity index is 1.52. The van der Waals surface area contributed by atoms with E-state index in [2.05, 4.69) is 24.1 Å². The number of thioether (sulfide) groups is 1. The molecule has 9 heteroatoms. The molecule has 2 bridgehead atoms. The van der Waals surface area contributed by atoms with Gasteiger partial charge in [-0.2, -0.15) is 0 Å². The zero-order valence-electron chi connectivity index (χ0n) is 22.7. The van der Waals surface area contributed by atoms with Crippen LogP contribution in [0, 0.1) is 11.8 Å². The maximum atomic E-state index is 14.2. The van der Waals surface area contributed by atoms with E-state index in [0.29, 0.717) is 12.1 Å². The van der Waals surface area contributed by atoms with Crippen LogP contribution in [0.1, 0.15) is 45.2 Å². The van der Waals surface area contributed by atoms with Crippen molar-refractivity contribution in [3.63, 3.8) is 0 Å². The predicted octanol–water partition coefficient (Wildman–Crippen LogP) is 3.86. The number of rotatable bonds is 10. The molecule has 208 valence electrons. The molecule has 8 nitrogen and oxygen atoms in total. The Labute approximate surface area is 234 Å². The van der Waals surface area contributed by atoms with Crippen molar-refractivity contribution in [1.29, 1.82) is 0 Å². The molecule has 3 saturated heterocycles. The average Bonchev–Trinajstić information content (AvgIpc) is 3.59. The first-order valence-electron chi connectivity index (χ1n) is 13.9. The zero-order valence-corrected chi connectivity index (χ0v) is 23.5. The van der Waals surface area contributed by atoms with Gasteiger partial charge in [-0.05, 0) is 63.4 Å². The van der Waals surface area contributed by atoms with Crippen LogP contribution in [0.4, 0.5) is 11.4 Å². The van der Waals surface area contributed by atoms with Gasteiger partial charge in [0.25, 0.3) is 0 Å². The molecule has 6 atom stereocenters. The first kappa shape index (κ1) is 27.5. The van der Waals surface area contributed by atoms with Gasteiger partial charge in [-0.15, -0.1) is 11.8 Å². The normalized spacial score (nSPS) is 27.8. The Morgan fingerprint density at radius 3 is 2.44 bits per heavy atom. The van der Waals surface area contributed by atoms with Crippen LogP contribution in [-0.4, -0.2) is 70.1 Å². The SMILES string of the molecule is CCOC(=O)[C@@H]1[C@@H]2CCC3(S2)C(C(=O)Nc2ccc(N(CC)CC)cc2)N([C@H](CO)c2ccccc2)C(=O)[C@H]13. The molecular weight excluding hydrogens is 514 g/mol. The second-order valence-electron chi connectivity index (χ2n) is 10.4. The van der Waals surface area contributed by atoms with E-state index in [4.69, 9.17) is 4.74 Å². The highest BCUT2D eigenvalue weighted by atomic mass is 32.2. The molecule has 0 aromatic heterocycles. The van der Waals surface area contributed by atoms with Gasteiger partial charge in [0.15, 0.2) is 0 Å². The minimum absolute atomic E-state index is 0.0619. The standard InChI is InChI=1S/C30H37N3O5S/c1-4-32(5-2)21-14-12-20(13-15-21)31-27(35)26-30-17-16-23(39-30)24(29(37)38-6-3)25(30)28(36)33(26)22(18-34)19-10-8-7-9-11-19/h7-15,22-26,34H,4-6,16-18H2,1-3H3,(H,31,35)/t22-,23+,24-,25+,26?,30?/m1/s1. The second kappa shape index (κ2) is 11.2. The number of anilines is 2. The van der Waals surface area contributed by atoms with Crippen molar-refractivity contribution < 1.29 is 24.2 Å². The summed E-state index contributed by atoms with van der Waals surface area (Å²) >= 11 is 1.59. The minimum atomic E-state index is -0.843. The van der Waals surface area contributed by atoms with Crippen molar-refractivity contribution in [2.75, 3.05) is 36.5 Å². The lowest BCUT2D eigenvalue weighted by Crippen LogP contribution is -2.52. The van der Waals surface area contributed by atoms with Crippen LogP contribution in [0.15, 0.2) is 54.6 Å². The summed E-state index contributed by atoms with van der Waals surface area (Å²) in [4.78, 5) is 45.2. The van der Waals surface area contributed by atoms with Gasteiger partial charge < -0.3 is 25.0 Å². The number of hydrogen-bond donors (Lipinski definition) is 2. The number of aliphatic hydroxyl groups excluding tert-OH is 1. The molecule has 3 aliphatic rings. The Morgan fingerprint density at radius 2 is 1.82 bits per heavy atom. The highest BCUT2D eigenvalue weighted by Gasteiger charge is 2.74. The number of carbonyl (C=O) groups excluding carboxylic acids is 3. The Bertz CT molecular complexity index is 1200. The number of ether oxygens (including phenoxy) is 1. The average molecular weight is 552 g/mol. The first-order chi connectivity index (χ1) is 18.9. The van der Waals surface area contributed by atoms with Gasteiger partial charge in [-0.25, -0.2) is 0 Å². The Hall–Kier alpha value is -3.04. The molecular formula is C30H37N3O5S. The van der Waals surface area contributed by atoms with Crippen LogP contribution in [0.5, 0.6) is 0 Å². The molecule has 2 aromatic carbocycles. The zero-order chi connectivity index (χ0) is 27.7. The first-order valence-corrected chi connectivity index (χ1v) is 14.8. The number of fused-ring (bicyclic) bond motifs is 1. The molecule has 3 heterocycles. The third-order valence-corrected chi connectivity index (χ3v) is 10.5. The monoisotopic (exact) mass is 551 g/mol. The number of hydrogen-bond acceptors (Lipinski definition) is 7. The van der Waals surface area contributed by atoms with Crippen molar-refractivity contribution in [1.82, 2.24) is 4.90 Å². The number of benzene rings is 2. The van der Waals surface area contributed by atoms with Crippen LogP contribution in [0.3, 0.4) is 0 Å². The van der Waals surface area contributed by atoms with E-state index in [1.807, 2.05) is 54.6 Å². The van der Waals surface area contributed by atoms with Crippen LogP contribution in [-0.2, 0) is 19.1 Å². The predicted molar refractivity (Wildman–Crippen MR) is 152 cm³/mol. The van der Waals surface area contributed by atoms with Crippen LogP contribution in [0.2, 0.25) is 0 Å². The summed E-state index contributed by atoms with van der Waals surface area (Å²) in [6.07, 6.45) is 1.39. The topological polar surface area (TPSA) is 99.2 Å². The van der Waals surface area contributed by atoms with E-state index in [0.717, 1.165) is 30.8 Å². The van der Waals surface area contributed by atoms with E-state index < -0.39 is 28.7 Å². The quantitative estimate of drug-likeness (QED) is 0.433. The van der Waals surface area contributed by atoms with Crippen LogP contribution >= 0.6 is 11.8 Å². The summed E-state index contributed by atoms with van der Waals surface area (Å²) in [6, 6.07) is 15.5. The largest absolute Gasteiger partial charge is 0.466 e. The summed E-state index contributed by atoms with van der Waals surface area (Å²) in [7, 11) is 0. The summed E-state index contributed by atoms with van der Waals surface area (Å²) < 4.78 is 4.64. The van der Waals surface area contributed by atoms with Crippen LogP contribution in [0.25, 0.3) is 0 Å². The van der Waals surface area contributed by atoms with Crippen molar-refractivity contribution in [3.8, 4) is 0 Å². The molecule has 2 amide bonds. The minimum Gasteiger partial charge on any atom is -0.466 e. The Morgan fingerprint density at radius 1 is 1.13 bits per heavy atom. The van der Waals surface area contributed by atoms with Gasteiger partial charge in [0.2, 0.25) is 11.8 Å². The third kappa shape index (κ3) is 4.59. The summed E-state index contributed by atoms with van der Waals surface area (Å²) in [5, 5.41) is 13.5. The van der Waals surface area contributed by atoms with Gasteiger partial charge in [0.1, 0.15) is 6.04 Å². The van der Waals surface area contributed by atoms with Gasteiger partial charge in [-0.1, -0.05) is 30.3 Å². The fourth-order valence-corrected chi connectivity index (χ4v) is 9.01. The van der Waals surface area contributed by atoms with E-state index in [1.165, 1.54) is 0 Å². The molecule has 0 radical (unpaired) electrons. The van der Waals surface area contributed by atoms with E-state index in [-0.39, 0.29) is 36.2 Å². The lowest BCUT2D eigenvalue weighted by atomic mass is 9.71. The van der Waals surface area contributed by atoms with Gasteiger partial charge in [0.05, 0.1) is 35.8 Å². The highest BCUT2D eigenvalue weighted by molar-refractivity contribution is 8.02. The van der Waals surface area contributed by atoms with Crippen molar-refractivity contribution in [2.45, 2.75) is 55.7 Å². The smallest absolute Gasteiger partial charge is 0.310 e. The maximum Gasteiger partial charge on any atom is 0.310 e. The molecule has 2 aromatic rings. The molecule has 2 N–H and O–H groups in total. The van der Waals surface area contributed by atoms with E-state index in [9.17, 15) is 19.5 Å². The number of nitrogens with one attached hydrogen (secondary N) is 1. The molecule has 39 heavy (non-hydrogen) atoms.